The van der Waals surface area contributed by atoms with E-state index in [9.17, 15) is 9.59 Å². The molecule has 0 rings (SSSR count). The Balaban J connectivity index is 0. The molecule has 20 heavy (non-hydrogen) atoms. The smallest absolute Gasteiger partial charge is 0.333 e. The number of unbranched alkanes of at least 4 members (excludes halogenated alkanes) is 2. The number of aliphatic carboxylic acids is 1. The third kappa shape index (κ3) is 16.4. The lowest BCUT2D eigenvalue weighted by Crippen LogP contribution is -2.06. The average molecular weight is 284 g/mol. The average Bonchev–Trinajstić information content (AvgIpc) is 2.33. The van der Waals surface area contributed by atoms with Gasteiger partial charge in [0.05, 0.1) is 6.61 Å². The molecule has 0 unspecified atom stereocenters. The second-order valence-corrected chi connectivity index (χ2v) is 5.24. The monoisotopic (exact) mass is 284 g/mol. The molecule has 0 radical (unpaired) electrons. The molecule has 0 amide bonds. The van der Waals surface area contributed by atoms with Crippen LogP contribution in [-0.2, 0) is 14.3 Å². The van der Waals surface area contributed by atoms with Gasteiger partial charge in [0.1, 0.15) is 0 Å². The molecule has 0 spiro atoms. The Morgan fingerprint density at radius 3 is 1.90 bits per heavy atom. The first-order valence-electron chi connectivity index (χ1n) is 6.89. The van der Waals surface area contributed by atoms with E-state index in [4.69, 9.17) is 9.84 Å². The fourth-order valence-corrected chi connectivity index (χ4v) is 1.12. The van der Waals surface area contributed by atoms with Crippen LogP contribution in [0.15, 0.2) is 24.3 Å². The number of rotatable bonds is 8. The summed E-state index contributed by atoms with van der Waals surface area (Å²) in [7, 11) is 0. The molecular formula is C16H28O4. The van der Waals surface area contributed by atoms with E-state index in [0.29, 0.717) is 12.2 Å². The molecule has 0 aromatic rings. The zero-order valence-electron chi connectivity index (χ0n) is 13.2. The van der Waals surface area contributed by atoms with Gasteiger partial charge in [0.25, 0.3) is 0 Å². The number of carbonyl (C=O) groups excluding carboxylic acids is 1. The molecule has 4 nitrogen and oxygen atoms in total. The first-order valence-corrected chi connectivity index (χ1v) is 6.89. The van der Waals surface area contributed by atoms with Crippen LogP contribution in [0.4, 0.5) is 0 Å². The minimum absolute atomic E-state index is 0.176. The number of ether oxygens (including phenoxy) is 1. The van der Waals surface area contributed by atoms with Crippen molar-refractivity contribution in [2.75, 3.05) is 6.61 Å². The Morgan fingerprint density at radius 2 is 1.55 bits per heavy atom. The summed E-state index contributed by atoms with van der Waals surface area (Å²) in [6.07, 6.45) is 4.59. The summed E-state index contributed by atoms with van der Waals surface area (Å²) in [5, 5.41) is 7.89. The minimum Gasteiger partial charge on any atom is -0.478 e. The molecule has 0 fully saturated rings. The molecule has 0 saturated heterocycles. The van der Waals surface area contributed by atoms with Crippen molar-refractivity contribution in [3.05, 3.63) is 24.3 Å². The topological polar surface area (TPSA) is 63.6 Å². The highest BCUT2D eigenvalue weighted by Gasteiger charge is 2.01. The maximum Gasteiger partial charge on any atom is 0.333 e. The molecule has 0 bridgehead atoms. The Bertz CT molecular complexity index is 317. The standard InChI is InChI=1S/C12H22O2.C4H6O2/c1-10(2)8-6-5-7-9-14-12(13)11(3)4;1-3(2)4(5)6/h10H,3,5-9H2,1-2,4H3;1H2,2H3,(H,5,6). The number of esters is 1. The van der Waals surface area contributed by atoms with Crippen molar-refractivity contribution < 1.29 is 19.4 Å². The highest BCUT2D eigenvalue weighted by Crippen LogP contribution is 2.08. The van der Waals surface area contributed by atoms with Crippen molar-refractivity contribution in [1.29, 1.82) is 0 Å². The van der Waals surface area contributed by atoms with E-state index in [-0.39, 0.29) is 11.5 Å². The van der Waals surface area contributed by atoms with Gasteiger partial charge in [-0.3, -0.25) is 0 Å². The van der Waals surface area contributed by atoms with Gasteiger partial charge in [-0.05, 0) is 26.2 Å². The molecule has 0 aliphatic heterocycles. The zero-order valence-corrected chi connectivity index (χ0v) is 13.2. The summed E-state index contributed by atoms with van der Waals surface area (Å²) >= 11 is 0. The lowest BCUT2D eigenvalue weighted by Gasteiger charge is -2.05. The molecule has 0 saturated carbocycles. The fourth-order valence-electron chi connectivity index (χ4n) is 1.12. The van der Waals surface area contributed by atoms with Crippen molar-refractivity contribution >= 4 is 11.9 Å². The van der Waals surface area contributed by atoms with Crippen molar-refractivity contribution in [3.8, 4) is 0 Å². The third-order valence-corrected chi connectivity index (χ3v) is 2.37. The van der Waals surface area contributed by atoms with Gasteiger partial charge in [0, 0.05) is 11.1 Å². The SMILES string of the molecule is C=C(C)C(=O)O.C=C(C)C(=O)OCCCCCC(C)C. The second kappa shape index (κ2) is 12.5. The van der Waals surface area contributed by atoms with E-state index in [0.717, 1.165) is 18.8 Å². The summed E-state index contributed by atoms with van der Waals surface area (Å²) in [6.45, 7) is 14.8. The molecule has 4 heteroatoms. The lowest BCUT2D eigenvalue weighted by atomic mass is 10.1. The van der Waals surface area contributed by atoms with Crippen LogP contribution >= 0.6 is 0 Å². The fraction of sp³-hybridized carbons (Fsp3) is 0.625. The van der Waals surface area contributed by atoms with Crippen LogP contribution in [0, 0.1) is 5.92 Å². The van der Waals surface area contributed by atoms with Crippen molar-refractivity contribution in [3.63, 3.8) is 0 Å². The predicted molar refractivity (Wildman–Crippen MR) is 81.5 cm³/mol. The first kappa shape index (κ1) is 20.7. The van der Waals surface area contributed by atoms with Gasteiger partial charge >= 0.3 is 11.9 Å². The summed E-state index contributed by atoms with van der Waals surface area (Å²) in [5.74, 6) is -0.433. The first-order chi connectivity index (χ1) is 9.18. The van der Waals surface area contributed by atoms with E-state index >= 15 is 0 Å². The van der Waals surface area contributed by atoms with E-state index < -0.39 is 5.97 Å². The van der Waals surface area contributed by atoms with Gasteiger partial charge in [-0.25, -0.2) is 9.59 Å². The van der Waals surface area contributed by atoms with Crippen LogP contribution in [0.1, 0.15) is 53.4 Å². The van der Waals surface area contributed by atoms with Gasteiger partial charge in [-0.1, -0.05) is 46.3 Å². The Morgan fingerprint density at radius 1 is 1.05 bits per heavy atom. The molecule has 0 aliphatic rings. The maximum absolute atomic E-state index is 11.0. The van der Waals surface area contributed by atoms with E-state index in [1.54, 1.807) is 6.92 Å². The number of carboxylic acids is 1. The molecule has 0 atom stereocenters. The Labute approximate surface area is 122 Å². The predicted octanol–water partition coefficient (Wildman–Crippen LogP) is 3.97. The zero-order chi connectivity index (χ0) is 16.1. The number of carbonyl (C=O) groups is 2. The van der Waals surface area contributed by atoms with Gasteiger partial charge in [0.2, 0.25) is 0 Å². The second-order valence-electron chi connectivity index (χ2n) is 5.24. The summed E-state index contributed by atoms with van der Waals surface area (Å²) < 4.78 is 4.97. The number of carboxylic acid groups (broad SMARTS) is 1. The van der Waals surface area contributed by atoms with Crippen molar-refractivity contribution in [1.82, 2.24) is 0 Å². The quantitative estimate of drug-likeness (QED) is 0.416. The lowest BCUT2D eigenvalue weighted by molar-refractivity contribution is -0.139. The molecule has 0 aromatic carbocycles. The largest absolute Gasteiger partial charge is 0.478 e. The number of hydrogen-bond donors (Lipinski definition) is 1. The van der Waals surface area contributed by atoms with Crippen molar-refractivity contribution in [2.24, 2.45) is 5.92 Å². The number of hydrogen-bond acceptors (Lipinski definition) is 3. The third-order valence-electron chi connectivity index (χ3n) is 2.37. The molecule has 1 N–H and O–H groups in total. The summed E-state index contributed by atoms with van der Waals surface area (Å²) in [4.78, 5) is 20.6. The van der Waals surface area contributed by atoms with E-state index in [1.807, 2.05) is 0 Å². The van der Waals surface area contributed by atoms with Crippen LogP contribution in [0.25, 0.3) is 0 Å². The normalized spacial score (nSPS) is 9.45. The highest BCUT2D eigenvalue weighted by molar-refractivity contribution is 5.86. The highest BCUT2D eigenvalue weighted by atomic mass is 16.5. The molecule has 0 aliphatic carbocycles. The van der Waals surface area contributed by atoms with Crippen LogP contribution in [0.3, 0.4) is 0 Å². The summed E-state index contributed by atoms with van der Waals surface area (Å²) in [6, 6.07) is 0. The summed E-state index contributed by atoms with van der Waals surface area (Å²) in [5.41, 5.74) is 0.655. The molecule has 116 valence electrons. The van der Waals surface area contributed by atoms with Crippen LogP contribution in [0.5, 0.6) is 0 Å². The Hall–Kier alpha value is -1.58. The van der Waals surface area contributed by atoms with Crippen LogP contribution in [-0.4, -0.2) is 23.7 Å². The van der Waals surface area contributed by atoms with Gasteiger partial charge < -0.3 is 9.84 Å². The Kier molecular flexibility index (Phi) is 12.9. The maximum atomic E-state index is 11.0. The molecular weight excluding hydrogens is 256 g/mol. The minimum atomic E-state index is -0.935. The van der Waals surface area contributed by atoms with E-state index in [1.165, 1.54) is 19.8 Å². The van der Waals surface area contributed by atoms with Gasteiger partial charge in [0.15, 0.2) is 0 Å². The van der Waals surface area contributed by atoms with Crippen molar-refractivity contribution in [2.45, 2.75) is 53.4 Å². The van der Waals surface area contributed by atoms with Crippen LogP contribution < -0.4 is 0 Å². The van der Waals surface area contributed by atoms with Gasteiger partial charge in [-0.2, -0.15) is 0 Å². The van der Waals surface area contributed by atoms with Gasteiger partial charge in [-0.15, -0.1) is 0 Å². The molecule has 0 aromatic heterocycles. The molecule has 0 heterocycles. The van der Waals surface area contributed by atoms with E-state index in [2.05, 4.69) is 27.0 Å². The van der Waals surface area contributed by atoms with Crippen LogP contribution in [0.2, 0.25) is 0 Å².